The summed E-state index contributed by atoms with van der Waals surface area (Å²) in [6, 6.07) is 9.08. The number of hydrogen-bond acceptors (Lipinski definition) is 2. The van der Waals surface area contributed by atoms with Gasteiger partial charge in [0.15, 0.2) is 0 Å². The van der Waals surface area contributed by atoms with Crippen LogP contribution in [0.3, 0.4) is 0 Å². The predicted octanol–water partition coefficient (Wildman–Crippen LogP) is 3.07. The van der Waals surface area contributed by atoms with Gasteiger partial charge in [-0.1, -0.05) is 31.2 Å². The zero-order valence-corrected chi connectivity index (χ0v) is 11.1. The van der Waals surface area contributed by atoms with Crippen LogP contribution in [0.5, 0.6) is 0 Å². The number of aryl methyl sites for hydroxylation is 1. The summed E-state index contributed by atoms with van der Waals surface area (Å²) in [6.07, 6.45) is 2.68. The maximum atomic E-state index is 5.82. The lowest BCUT2D eigenvalue weighted by molar-refractivity contribution is 0.0782. The Morgan fingerprint density at radius 3 is 2.82 bits per heavy atom. The van der Waals surface area contributed by atoms with E-state index in [0.717, 1.165) is 13.0 Å². The zero-order valence-electron chi connectivity index (χ0n) is 11.1. The van der Waals surface area contributed by atoms with Crippen LogP contribution in [-0.2, 0) is 4.74 Å². The molecule has 0 radical (unpaired) electrons. The summed E-state index contributed by atoms with van der Waals surface area (Å²) in [5.41, 5.74) is 2.79. The summed E-state index contributed by atoms with van der Waals surface area (Å²) in [6.45, 7) is 5.32. The minimum atomic E-state index is 0.409. The van der Waals surface area contributed by atoms with Crippen molar-refractivity contribution >= 4 is 0 Å². The van der Waals surface area contributed by atoms with Crippen molar-refractivity contribution in [3.63, 3.8) is 0 Å². The molecular weight excluding hydrogens is 210 g/mol. The Morgan fingerprint density at radius 2 is 2.18 bits per heavy atom. The minimum Gasteiger partial charge on any atom is -0.378 e. The van der Waals surface area contributed by atoms with E-state index in [2.05, 4.69) is 50.5 Å². The molecule has 3 atom stereocenters. The van der Waals surface area contributed by atoms with Gasteiger partial charge in [0.2, 0.25) is 0 Å². The van der Waals surface area contributed by atoms with Gasteiger partial charge in [-0.15, -0.1) is 0 Å². The Balaban J connectivity index is 2.24. The fourth-order valence-corrected chi connectivity index (χ4v) is 3.00. The van der Waals surface area contributed by atoms with E-state index in [1.807, 2.05) is 0 Å². The molecule has 2 rings (SSSR count). The maximum Gasteiger partial charge on any atom is 0.0619 e. The van der Waals surface area contributed by atoms with Gasteiger partial charge in [-0.25, -0.2) is 0 Å². The molecule has 0 amide bonds. The predicted molar refractivity (Wildman–Crippen MR) is 71.1 cm³/mol. The highest BCUT2D eigenvalue weighted by Gasteiger charge is 2.34. The standard InChI is InChI=1S/C15H23NO/c1-4-14-13(9-10-17-14)15(16-3)12-8-6-5-7-11(12)2/h5-8,13-16H,4,9-10H2,1-3H3. The first kappa shape index (κ1) is 12.6. The molecule has 1 aromatic carbocycles. The first-order valence-corrected chi connectivity index (χ1v) is 6.62. The van der Waals surface area contributed by atoms with Crippen LogP contribution in [-0.4, -0.2) is 19.8 Å². The van der Waals surface area contributed by atoms with E-state index in [1.54, 1.807) is 0 Å². The Kier molecular flexibility index (Phi) is 4.19. The first-order chi connectivity index (χ1) is 8.27. The summed E-state index contributed by atoms with van der Waals surface area (Å²) < 4.78 is 5.82. The van der Waals surface area contributed by atoms with Crippen molar-refractivity contribution < 1.29 is 4.74 Å². The van der Waals surface area contributed by atoms with E-state index < -0.39 is 0 Å². The van der Waals surface area contributed by atoms with Crippen LogP contribution < -0.4 is 5.32 Å². The molecule has 2 nitrogen and oxygen atoms in total. The minimum absolute atomic E-state index is 0.409. The molecule has 1 aliphatic rings. The molecule has 0 aliphatic carbocycles. The molecule has 3 unspecified atom stereocenters. The lowest BCUT2D eigenvalue weighted by Gasteiger charge is -2.28. The molecule has 0 bridgehead atoms. The van der Waals surface area contributed by atoms with E-state index >= 15 is 0 Å². The van der Waals surface area contributed by atoms with Gasteiger partial charge in [-0.3, -0.25) is 0 Å². The van der Waals surface area contributed by atoms with Crippen LogP contribution in [0.15, 0.2) is 24.3 Å². The Labute approximate surface area is 104 Å². The van der Waals surface area contributed by atoms with Crippen molar-refractivity contribution in [2.75, 3.05) is 13.7 Å². The number of nitrogens with one attached hydrogen (secondary N) is 1. The molecule has 1 saturated heterocycles. The van der Waals surface area contributed by atoms with Gasteiger partial charge in [0, 0.05) is 18.6 Å². The van der Waals surface area contributed by atoms with Gasteiger partial charge in [0.1, 0.15) is 0 Å². The second kappa shape index (κ2) is 5.65. The van der Waals surface area contributed by atoms with Crippen molar-refractivity contribution in [2.24, 2.45) is 5.92 Å². The second-order valence-corrected chi connectivity index (χ2v) is 4.89. The molecular formula is C15H23NO. The number of hydrogen-bond donors (Lipinski definition) is 1. The fourth-order valence-electron chi connectivity index (χ4n) is 3.00. The van der Waals surface area contributed by atoms with Crippen LogP contribution >= 0.6 is 0 Å². The van der Waals surface area contributed by atoms with Crippen LogP contribution in [0.2, 0.25) is 0 Å². The molecule has 0 spiro atoms. The molecule has 0 saturated carbocycles. The highest BCUT2D eigenvalue weighted by atomic mass is 16.5. The average molecular weight is 233 g/mol. The first-order valence-electron chi connectivity index (χ1n) is 6.62. The van der Waals surface area contributed by atoms with E-state index in [0.29, 0.717) is 18.1 Å². The van der Waals surface area contributed by atoms with Gasteiger partial charge >= 0.3 is 0 Å². The smallest absolute Gasteiger partial charge is 0.0619 e. The third-order valence-corrected chi connectivity index (χ3v) is 3.93. The third kappa shape index (κ3) is 2.53. The van der Waals surface area contributed by atoms with E-state index in [4.69, 9.17) is 4.74 Å². The van der Waals surface area contributed by atoms with Crippen molar-refractivity contribution in [1.82, 2.24) is 5.32 Å². The van der Waals surface area contributed by atoms with Crippen LogP contribution in [0.4, 0.5) is 0 Å². The van der Waals surface area contributed by atoms with Crippen LogP contribution in [0, 0.1) is 12.8 Å². The summed E-state index contributed by atoms with van der Waals surface area (Å²) in [5.74, 6) is 0.603. The van der Waals surface area contributed by atoms with Crippen molar-refractivity contribution in [3.8, 4) is 0 Å². The molecule has 1 N–H and O–H groups in total. The summed E-state index contributed by atoms with van der Waals surface area (Å²) in [7, 11) is 2.06. The topological polar surface area (TPSA) is 21.3 Å². The van der Waals surface area contributed by atoms with Crippen LogP contribution in [0.25, 0.3) is 0 Å². The third-order valence-electron chi connectivity index (χ3n) is 3.93. The molecule has 0 aromatic heterocycles. The van der Waals surface area contributed by atoms with Crippen molar-refractivity contribution in [2.45, 2.75) is 38.8 Å². The monoisotopic (exact) mass is 233 g/mol. The Morgan fingerprint density at radius 1 is 1.41 bits per heavy atom. The molecule has 17 heavy (non-hydrogen) atoms. The van der Waals surface area contributed by atoms with E-state index in [1.165, 1.54) is 17.5 Å². The lowest BCUT2D eigenvalue weighted by atomic mass is 9.85. The summed E-state index contributed by atoms with van der Waals surface area (Å²) in [5, 5.41) is 3.49. The van der Waals surface area contributed by atoms with Gasteiger partial charge < -0.3 is 10.1 Å². The highest BCUT2D eigenvalue weighted by Crippen LogP contribution is 2.35. The quantitative estimate of drug-likeness (QED) is 0.863. The van der Waals surface area contributed by atoms with E-state index in [9.17, 15) is 0 Å². The highest BCUT2D eigenvalue weighted by molar-refractivity contribution is 5.29. The second-order valence-electron chi connectivity index (χ2n) is 4.89. The van der Waals surface area contributed by atoms with Gasteiger partial charge in [-0.2, -0.15) is 0 Å². The molecule has 1 fully saturated rings. The van der Waals surface area contributed by atoms with Gasteiger partial charge in [-0.05, 0) is 37.9 Å². The molecule has 1 heterocycles. The normalized spacial score (nSPS) is 26.1. The molecule has 1 aliphatic heterocycles. The zero-order chi connectivity index (χ0) is 12.3. The van der Waals surface area contributed by atoms with Gasteiger partial charge in [0.05, 0.1) is 6.10 Å². The number of ether oxygens (including phenoxy) is 1. The molecule has 1 aromatic rings. The van der Waals surface area contributed by atoms with E-state index in [-0.39, 0.29) is 0 Å². The largest absolute Gasteiger partial charge is 0.378 e. The number of rotatable bonds is 4. The Hall–Kier alpha value is -0.860. The SMILES string of the molecule is CCC1OCCC1C(NC)c1ccccc1C. The van der Waals surface area contributed by atoms with Crippen molar-refractivity contribution in [1.29, 1.82) is 0 Å². The maximum absolute atomic E-state index is 5.82. The summed E-state index contributed by atoms with van der Waals surface area (Å²) >= 11 is 0. The van der Waals surface area contributed by atoms with Crippen molar-refractivity contribution in [3.05, 3.63) is 35.4 Å². The lowest BCUT2D eigenvalue weighted by Crippen LogP contribution is -2.31. The number of benzene rings is 1. The fraction of sp³-hybridized carbons (Fsp3) is 0.600. The molecule has 94 valence electrons. The Bertz CT molecular complexity index is 364. The van der Waals surface area contributed by atoms with Crippen LogP contribution in [0.1, 0.15) is 36.9 Å². The summed E-state index contributed by atoms with van der Waals surface area (Å²) in [4.78, 5) is 0. The van der Waals surface area contributed by atoms with Gasteiger partial charge in [0.25, 0.3) is 0 Å². The molecule has 2 heteroatoms. The average Bonchev–Trinajstić information content (AvgIpc) is 2.81.